The minimum absolute atomic E-state index is 0.311. The predicted octanol–water partition coefficient (Wildman–Crippen LogP) is 4.16. The van der Waals surface area contributed by atoms with Crippen LogP contribution in [0.25, 0.3) is 10.8 Å². The summed E-state index contributed by atoms with van der Waals surface area (Å²) < 4.78 is 53.4. The molecule has 0 aromatic heterocycles. The molecule has 1 N–H and O–H groups in total. The van der Waals surface area contributed by atoms with Crippen molar-refractivity contribution in [1.82, 2.24) is 4.72 Å². The highest BCUT2D eigenvalue weighted by atomic mass is 32.2. The maximum absolute atomic E-state index is 13.3. The summed E-state index contributed by atoms with van der Waals surface area (Å²) in [5.41, 5.74) is 0.778. The fourth-order valence-corrected chi connectivity index (χ4v) is 3.73. The van der Waals surface area contributed by atoms with Crippen LogP contribution in [-0.4, -0.2) is 8.42 Å². The first-order valence-electron chi connectivity index (χ1n) is 7.33. The third kappa shape index (κ3) is 3.29. The molecule has 0 aliphatic carbocycles. The number of benzene rings is 3. The monoisotopic (exact) mass is 347 g/mol. The molecule has 0 saturated carbocycles. The second-order valence-corrected chi connectivity index (χ2v) is 7.24. The van der Waals surface area contributed by atoms with Gasteiger partial charge in [0, 0.05) is 6.04 Å². The molecule has 1 atom stereocenters. The van der Waals surface area contributed by atoms with Crippen LogP contribution in [0.1, 0.15) is 18.5 Å². The van der Waals surface area contributed by atoms with Crippen LogP contribution in [0.3, 0.4) is 0 Å². The van der Waals surface area contributed by atoms with Crippen molar-refractivity contribution in [2.45, 2.75) is 17.9 Å². The van der Waals surface area contributed by atoms with E-state index in [2.05, 4.69) is 4.72 Å². The van der Waals surface area contributed by atoms with Crippen LogP contribution < -0.4 is 4.72 Å². The van der Waals surface area contributed by atoms with Crippen molar-refractivity contribution in [2.24, 2.45) is 0 Å². The molecule has 124 valence electrons. The van der Waals surface area contributed by atoms with E-state index in [9.17, 15) is 17.2 Å². The van der Waals surface area contributed by atoms with Gasteiger partial charge in [0.05, 0.1) is 4.90 Å². The molecule has 3 aromatic rings. The third-order valence-electron chi connectivity index (χ3n) is 3.81. The first-order valence-corrected chi connectivity index (χ1v) is 8.81. The van der Waals surface area contributed by atoms with Crippen LogP contribution in [0.15, 0.2) is 65.6 Å². The molecule has 6 heteroatoms. The molecule has 0 saturated heterocycles. The van der Waals surface area contributed by atoms with Crippen LogP contribution in [0, 0.1) is 11.6 Å². The van der Waals surface area contributed by atoms with E-state index in [4.69, 9.17) is 0 Å². The van der Waals surface area contributed by atoms with Crippen LogP contribution >= 0.6 is 0 Å². The first-order chi connectivity index (χ1) is 11.4. The van der Waals surface area contributed by atoms with Crippen LogP contribution in [0.5, 0.6) is 0 Å². The Bertz CT molecular complexity index is 1000. The second kappa shape index (κ2) is 6.30. The Morgan fingerprint density at radius 1 is 0.875 bits per heavy atom. The van der Waals surface area contributed by atoms with E-state index < -0.39 is 27.7 Å². The summed E-state index contributed by atoms with van der Waals surface area (Å²) in [5.74, 6) is -2.28. The van der Waals surface area contributed by atoms with Gasteiger partial charge in [0.15, 0.2) is 11.6 Å². The molecular weight excluding hydrogens is 332 g/mol. The number of sulfonamides is 1. The maximum atomic E-state index is 13.3. The zero-order valence-electron chi connectivity index (χ0n) is 12.8. The normalized spacial score (nSPS) is 13.1. The minimum atomic E-state index is -3.96. The fraction of sp³-hybridized carbons (Fsp3) is 0.111. The fourth-order valence-electron chi connectivity index (χ4n) is 2.49. The molecule has 3 rings (SSSR count). The van der Waals surface area contributed by atoms with Crippen LogP contribution in [0.2, 0.25) is 0 Å². The molecule has 1 unspecified atom stereocenters. The van der Waals surface area contributed by atoms with E-state index in [1.807, 2.05) is 42.5 Å². The molecule has 0 bridgehead atoms. The van der Waals surface area contributed by atoms with Crippen molar-refractivity contribution in [3.63, 3.8) is 0 Å². The average molecular weight is 347 g/mol. The van der Waals surface area contributed by atoms with Gasteiger partial charge < -0.3 is 0 Å². The molecule has 0 aliphatic rings. The van der Waals surface area contributed by atoms with Gasteiger partial charge in [0.1, 0.15) is 0 Å². The highest BCUT2D eigenvalue weighted by molar-refractivity contribution is 7.89. The van der Waals surface area contributed by atoms with Gasteiger partial charge >= 0.3 is 0 Å². The summed E-state index contributed by atoms with van der Waals surface area (Å²) in [7, 11) is -3.96. The lowest BCUT2D eigenvalue weighted by Gasteiger charge is -2.15. The van der Waals surface area contributed by atoms with Crippen LogP contribution in [0.4, 0.5) is 8.78 Å². The Labute approximate surface area is 139 Å². The average Bonchev–Trinajstić information content (AvgIpc) is 2.56. The SMILES string of the molecule is CC(NS(=O)(=O)c1ccc(F)c(F)c1)c1ccc2ccccc2c1. The Kier molecular flexibility index (Phi) is 4.34. The summed E-state index contributed by atoms with van der Waals surface area (Å²) >= 11 is 0. The number of nitrogens with one attached hydrogen (secondary N) is 1. The Morgan fingerprint density at radius 3 is 2.29 bits per heavy atom. The predicted molar refractivity (Wildman–Crippen MR) is 89.0 cm³/mol. The lowest BCUT2D eigenvalue weighted by Crippen LogP contribution is -2.27. The van der Waals surface area contributed by atoms with Crippen molar-refractivity contribution >= 4 is 20.8 Å². The first kappa shape index (κ1) is 16.5. The maximum Gasteiger partial charge on any atom is 0.241 e. The highest BCUT2D eigenvalue weighted by Gasteiger charge is 2.20. The minimum Gasteiger partial charge on any atom is -0.207 e. The van der Waals surface area contributed by atoms with Gasteiger partial charge in [-0.15, -0.1) is 0 Å². The van der Waals surface area contributed by atoms with E-state index in [0.717, 1.165) is 28.5 Å². The number of hydrogen-bond acceptors (Lipinski definition) is 2. The molecule has 0 radical (unpaired) electrons. The molecule has 0 aliphatic heterocycles. The molecule has 0 spiro atoms. The van der Waals surface area contributed by atoms with Crippen molar-refractivity contribution in [3.05, 3.63) is 77.9 Å². The van der Waals surface area contributed by atoms with Crippen molar-refractivity contribution < 1.29 is 17.2 Å². The van der Waals surface area contributed by atoms with E-state index in [1.165, 1.54) is 0 Å². The highest BCUT2D eigenvalue weighted by Crippen LogP contribution is 2.22. The molecule has 24 heavy (non-hydrogen) atoms. The summed E-state index contributed by atoms with van der Waals surface area (Å²) in [4.78, 5) is -0.311. The molecule has 0 heterocycles. The lowest BCUT2D eigenvalue weighted by atomic mass is 10.0. The standard InChI is InChI=1S/C18H15F2NO2S/c1-12(14-7-6-13-4-2-3-5-15(13)10-14)21-24(22,23)16-8-9-17(19)18(20)11-16/h2-12,21H,1H3. The van der Waals surface area contributed by atoms with Gasteiger partial charge in [-0.3, -0.25) is 0 Å². The quantitative estimate of drug-likeness (QED) is 0.770. The summed E-state index contributed by atoms with van der Waals surface area (Å²) in [5, 5.41) is 2.05. The number of halogens is 2. The third-order valence-corrected chi connectivity index (χ3v) is 5.35. The van der Waals surface area contributed by atoms with E-state index >= 15 is 0 Å². The summed E-state index contributed by atoms with van der Waals surface area (Å²) in [6.07, 6.45) is 0. The molecule has 0 fully saturated rings. The smallest absolute Gasteiger partial charge is 0.207 e. The van der Waals surface area contributed by atoms with Gasteiger partial charge in [-0.05, 0) is 47.5 Å². The van der Waals surface area contributed by atoms with E-state index in [-0.39, 0.29) is 4.90 Å². The molecule has 3 nitrogen and oxygen atoms in total. The zero-order chi connectivity index (χ0) is 17.3. The molecule has 3 aromatic carbocycles. The lowest BCUT2D eigenvalue weighted by molar-refractivity contribution is 0.503. The number of rotatable bonds is 4. The topological polar surface area (TPSA) is 46.2 Å². The summed E-state index contributed by atoms with van der Waals surface area (Å²) in [6, 6.07) is 15.4. The number of fused-ring (bicyclic) bond motifs is 1. The van der Waals surface area contributed by atoms with Gasteiger partial charge in [0.25, 0.3) is 0 Å². The van der Waals surface area contributed by atoms with Crippen molar-refractivity contribution in [1.29, 1.82) is 0 Å². The Hall–Kier alpha value is -2.31. The van der Waals surface area contributed by atoms with Crippen molar-refractivity contribution in [2.75, 3.05) is 0 Å². The van der Waals surface area contributed by atoms with E-state index in [1.54, 1.807) is 6.92 Å². The summed E-state index contributed by atoms with van der Waals surface area (Å²) in [6.45, 7) is 1.70. The molecule has 0 amide bonds. The zero-order valence-corrected chi connectivity index (χ0v) is 13.6. The van der Waals surface area contributed by atoms with Crippen molar-refractivity contribution in [3.8, 4) is 0 Å². The van der Waals surface area contributed by atoms with Gasteiger partial charge in [-0.2, -0.15) is 0 Å². The van der Waals surface area contributed by atoms with Gasteiger partial charge in [0.2, 0.25) is 10.0 Å². The van der Waals surface area contributed by atoms with E-state index in [0.29, 0.717) is 6.07 Å². The second-order valence-electron chi connectivity index (χ2n) is 5.53. The Morgan fingerprint density at radius 2 is 1.58 bits per heavy atom. The largest absolute Gasteiger partial charge is 0.241 e. The van der Waals surface area contributed by atoms with Gasteiger partial charge in [-0.1, -0.05) is 36.4 Å². The number of hydrogen-bond donors (Lipinski definition) is 1. The Balaban J connectivity index is 1.88. The van der Waals surface area contributed by atoms with Crippen LogP contribution in [-0.2, 0) is 10.0 Å². The van der Waals surface area contributed by atoms with Gasteiger partial charge in [-0.25, -0.2) is 21.9 Å². The molecular formula is C18H15F2NO2S.